The van der Waals surface area contributed by atoms with E-state index in [1.165, 1.54) is 5.06 Å². The van der Waals surface area contributed by atoms with Crippen LogP contribution in [0.4, 0.5) is 5.69 Å². The average Bonchev–Trinajstić information content (AvgIpc) is 2.59. The Morgan fingerprint density at radius 3 is 3.00 bits per heavy atom. The van der Waals surface area contributed by atoms with Crippen molar-refractivity contribution in [1.82, 2.24) is 5.48 Å². The highest BCUT2D eigenvalue weighted by Crippen LogP contribution is 2.24. The topological polar surface area (TPSA) is 68.5 Å². The van der Waals surface area contributed by atoms with Gasteiger partial charge in [0.15, 0.2) is 0 Å². The van der Waals surface area contributed by atoms with Crippen LogP contribution in [0.1, 0.15) is 5.56 Å². The lowest BCUT2D eigenvalue weighted by atomic mass is 10.2. The zero-order valence-electron chi connectivity index (χ0n) is 8.06. The smallest absolute Gasteiger partial charge is 0.249 e. The number of aryl methyl sites for hydroxylation is 1. The fourth-order valence-electron chi connectivity index (χ4n) is 1.31. The molecule has 0 spiro atoms. The Kier molecular flexibility index (Phi) is 2.20. The molecule has 76 valence electrons. The standard InChI is InChI=1S/C10H9N3O2/c1-7-3-2-4-8(5-7)13-9(6-11)10(14)12-15-13/h2-5,12,14H,1H3. The molecule has 0 bridgehead atoms. The van der Waals surface area contributed by atoms with Crippen molar-refractivity contribution in [3.8, 4) is 6.07 Å². The van der Waals surface area contributed by atoms with Gasteiger partial charge in [0.2, 0.25) is 11.6 Å². The van der Waals surface area contributed by atoms with E-state index in [9.17, 15) is 5.11 Å². The Labute approximate surface area is 86.7 Å². The lowest BCUT2D eigenvalue weighted by Gasteiger charge is -2.14. The van der Waals surface area contributed by atoms with Crippen LogP contribution >= 0.6 is 0 Å². The third-order valence-electron chi connectivity index (χ3n) is 2.00. The summed E-state index contributed by atoms with van der Waals surface area (Å²) in [6.07, 6.45) is 0. The van der Waals surface area contributed by atoms with Crippen LogP contribution in [0.2, 0.25) is 0 Å². The molecule has 15 heavy (non-hydrogen) atoms. The summed E-state index contributed by atoms with van der Waals surface area (Å²) >= 11 is 0. The second-order valence-corrected chi connectivity index (χ2v) is 3.14. The molecular weight excluding hydrogens is 194 g/mol. The quantitative estimate of drug-likeness (QED) is 0.723. The number of nitrogens with zero attached hydrogens (tertiary/aromatic N) is 2. The van der Waals surface area contributed by atoms with Crippen molar-refractivity contribution in [3.63, 3.8) is 0 Å². The maximum absolute atomic E-state index is 9.27. The van der Waals surface area contributed by atoms with Crippen LogP contribution in [0.15, 0.2) is 35.8 Å². The first-order valence-corrected chi connectivity index (χ1v) is 4.35. The van der Waals surface area contributed by atoms with Gasteiger partial charge in [-0.05, 0) is 24.6 Å². The number of aliphatic hydroxyl groups is 1. The second-order valence-electron chi connectivity index (χ2n) is 3.14. The summed E-state index contributed by atoms with van der Waals surface area (Å²) in [4.78, 5) is 4.95. The summed E-state index contributed by atoms with van der Waals surface area (Å²) in [5.74, 6) is -0.279. The molecule has 0 fully saturated rings. The Bertz CT molecular complexity index is 462. The van der Waals surface area contributed by atoms with Crippen LogP contribution in [0, 0.1) is 18.3 Å². The third kappa shape index (κ3) is 1.58. The summed E-state index contributed by atoms with van der Waals surface area (Å²) in [5, 5.41) is 19.3. The summed E-state index contributed by atoms with van der Waals surface area (Å²) < 4.78 is 0. The summed E-state index contributed by atoms with van der Waals surface area (Å²) in [5.41, 5.74) is 3.99. The van der Waals surface area contributed by atoms with E-state index in [4.69, 9.17) is 10.2 Å². The lowest BCUT2D eigenvalue weighted by Crippen LogP contribution is -2.19. The van der Waals surface area contributed by atoms with Crippen LogP contribution in [-0.4, -0.2) is 5.11 Å². The molecule has 0 aliphatic carbocycles. The van der Waals surface area contributed by atoms with Gasteiger partial charge in [0, 0.05) is 0 Å². The van der Waals surface area contributed by atoms with Gasteiger partial charge < -0.3 is 5.11 Å². The van der Waals surface area contributed by atoms with E-state index in [0.717, 1.165) is 5.56 Å². The van der Waals surface area contributed by atoms with Crippen molar-refractivity contribution in [3.05, 3.63) is 41.4 Å². The molecule has 0 atom stereocenters. The minimum Gasteiger partial charge on any atom is -0.491 e. The highest BCUT2D eigenvalue weighted by molar-refractivity contribution is 5.55. The van der Waals surface area contributed by atoms with E-state index in [0.29, 0.717) is 5.69 Å². The molecule has 1 heterocycles. The van der Waals surface area contributed by atoms with Crippen LogP contribution in [0.3, 0.4) is 0 Å². The van der Waals surface area contributed by atoms with Gasteiger partial charge in [0.25, 0.3) is 0 Å². The Balaban J connectivity index is 2.38. The number of anilines is 1. The van der Waals surface area contributed by atoms with Crippen molar-refractivity contribution in [2.45, 2.75) is 6.92 Å². The molecule has 1 aliphatic heterocycles. The molecule has 1 aromatic rings. The highest BCUT2D eigenvalue weighted by Gasteiger charge is 2.25. The molecule has 1 aliphatic rings. The fourth-order valence-corrected chi connectivity index (χ4v) is 1.31. The van der Waals surface area contributed by atoms with E-state index >= 15 is 0 Å². The Hall–Kier alpha value is -2.19. The Morgan fingerprint density at radius 2 is 2.33 bits per heavy atom. The van der Waals surface area contributed by atoms with Crippen LogP contribution in [-0.2, 0) is 4.94 Å². The minimum atomic E-state index is -0.279. The second kappa shape index (κ2) is 3.52. The van der Waals surface area contributed by atoms with Crippen molar-refractivity contribution < 1.29 is 10.0 Å². The SMILES string of the molecule is Cc1cccc(N2ONC(O)=C2C#N)c1. The lowest BCUT2D eigenvalue weighted by molar-refractivity contribution is 0.0591. The molecule has 0 radical (unpaired) electrons. The average molecular weight is 203 g/mol. The first-order chi connectivity index (χ1) is 7.22. The Morgan fingerprint density at radius 1 is 1.53 bits per heavy atom. The van der Waals surface area contributed by atoms with E-state index in [2.05, 4.69) is 5.48 Å². The van der Waals surface area contributed by atoms with Gasteiger partial charge in [-0.15, -0.1) is 4.94 Å². The summed E-state index contributed by atoms with van der Waals surface area (Å²) in [6.45, 7) is 1.93. The molecule has 0 amide bonds. The van der Waals surface area contributed by atoms with Crippen molar-refractivity contribution in [2.75, 3.05) is 5.06 Å². The third-order valence-corrected chi connectivity index (χ3v) is 2.00. The fraction of sp³-hybridized carbons (Fsp3) is 0.100. The normalized spacial score (nSPS) is 15.1. The van der Waals surface area contributed by atoms with Gasteiger partial charge in [-0.1, -0.05) is 12.1 Å². The zero-order chi connectivity index (χ0) is 10.8. The van der Waals surface area contributed by atoms with Crippen LogP contribution in [0.5, 0.6) is 0 Å². The van der Waals surface area contributed by atoms with Gasteiger partial charge >= 0.3 is 0 Å². The first-order valence-electron chi connectivity index (χ1n) is 4.35. The number of hydrogen-bond donors (Lipinski definition) is 2. The molecular formula is C10H9N3O2. The maximum Gasteiger partial charge on any atom is 0.249 e. The predicted molar refractivity (Wildman–Crippen MR) is 53.1 cm³/mol. The van der Waals surface area contributed by atoms with Gasteiger partial charge in [-0.3, -0.25) is 0 Å². The molecule has 1 aromatic carbocycles. The van der Waals surface area contributed by atoms with Gasteiger partial charge in [0.1, 0.15) is 6.07 Å². The van der Waals surface area contributed by atoms with Gasteiger partial charge in [0.05, 0.1) is 5.69 Å². The van der Waals surface area contributed by atoms with Crippen LogP contribution < -0.4 is 10.5 Å². The number of benzene rings is 1. The molecule has 5 nitrogen and oxygen atoms in total. The molecule has 2 N–H and O–H groups in total. The maximum atomic E-state index is 9.27. The van der Waals surface area contributed by atoms with Gasteiger partial charge in [-0.2, -0.15) is 10.3 Å². The molecule has 0 aromatic heterocycles. The van der Waals surface area contributed by atoms with Crippen molar-refractivity contribution in [2.24, 2.45) is 0 Å². The van der Waals surface area contributed by atoms with E-state index in [1.54, 1.807) is 6.07 Å². The van der Waals surface area contributed by atoms with Gasteiger partial charge in [-0.25, -0.2) is 5.48 Å². The predicted octanol–water partition coefficient (Wildman–Crippen LogP) is 1.50. The number of aliphatic hydroxyl groups excluding tert-OH is 1. The number of rotatable bonds is 1. The minimum absolute atomic E-state index is 0.0422. The molecule has 5 heteroatoms. The number of allylic oxidation sites excluding steroid dienone is 1. The zero-order valence-corrected chi connectivity index (χ0v) is 8.06. The van der Waals surface area contributed by atoms with E-state index in [-0.39, 0.29) is 11.6 Å². The summed E-state index contributed by atoms with van der Waals surface area (Å²) in [7, 11) is 0. The number of hydroxylamine groups is 2. The molecule has 0 saturated heterocycles. The summed E-state index contributed by atoms with van der Waals surface area (Å²) in [6, 6.07) is 9.26. The largest absolute Gasteiger partial charge is 0.491 e. The molecule has 2 rings (SSSR count). The first kappa shape index (κ1) is 9.37. The van der Waals surface area contributed by atoms with E-state index in [1.807, 2.05) is 31.2 Å². The number of nitrogens with one attached hydrogen (secondary N) is 1. The van der Waals surface area contributed by atoms with Crippen LogP contribution in [0.25, 0.3) is 0 Å². The monoisotopic (exact) mass is 203 g/mol. The van der Waals surface area contributed by atoms with Crippen molar-refractivity contribution in [1.29, 1.82) is 5.26 Å². The van der Waals surface area contributed by atoms with E-state index < -0.39 is 0 Å². The number of hydrogen-bond acceptors (Lipinski definition) is 5. The molecule has 0 saturated carbocycles. The number of nitriles is 1. The molecule has 0 unspecified atom stereocenters. The van der Waals surface area contributed by atoms with Crippen molar-refractivity contribution >= 4 is 5.69 Å². The highest BCUT2D eigenvalue weighted by atomic mass is 16.8.